The first-order valence-electron chi connectivity index (χ1n) is 7.26. The smallest absolute Gasteiger partial charge is 0.242 e. The highest BCUT2D eigenvalue weighted by atomic mass is 16.2. The van der Waals surface area contributed by atoms with Gasteiger partial charge in [0.2, 0.25) is 11.8 Å². The van der Waals surface area contributed by atoms with E-state index >= 15 is 0 Å². The zero-order chi connectivity index (χ0) is 14.5. The third kappa shape index (κ3) is 4.49. The van der Waals surface area contributed by atoms with Gasteiger partial charge in [-0.05, 0) is 32.1 Å². The van der Waals surface area contributed by atoms with Gasteiger partial charge >= 0.3 is 0 Å². The SMILES string of the molecule is CCCNC(=O)C(C)NC(=O)C1(N)CCCC(C)C1. The molecule has 5 nitrogen and oxygen atoms in total. The lowest BCUT2D eigenvalue weighted by Gasteiger charge is -2.36. The molecule has 2 amide bonds. The Morgan fingerprint density at radius 1 is 1.47 bits per heavy atom. The van der Waals surface area contributed by atoms with E-state index in [0.29, 0.717) is 25.3 Å². The van der Waals surface area contributed by atoms with E-state index in [4.69, 9.17) is 5.73 Å². The van der Waals surface area contributed by atoms with Crippen LogP contribution >= 0.6 is 0 Å². The van der Waals surface area contributed by atoms with E-state index in [0.717, 1.165) is 19.3 Å². The second kappa shape index (κ2) is 6.89. The molecule has 5 heteroatoms. The van der Waals surface area contributed by atoms with Gasteiger partial charge in [0, 0.05) is 6.54 Å². The maximum Gasteiger partial charge on any atom is 0.242 e. The average molecular weight is 269 g/mol. The normalized spacial score (nSPS) is 28.5. The fourth-order valence-electron chi connectivity index (χ4n) is 2.61. The lowest BCUT2D eigenvalue weighted by Crippen LogP contribution is -2.59. The zero-order valence-electron chi connectivity index (χ0n) is 12.3. The largest absolute Gasteiger partial charge is 0.354 e. The summed E-state index contributed by atoms with van der Waals surface area (Å²) < 4.78 is 0. The molecule has 1 saturated carbocycles. The van der Waals surface area contributed by atoms with Crippen molar-refractivity contribution in [2.75, 3.05) is 6.54 Å². The Bertz CT molecular complexity index is 333. The second-order valence-corrected chi connectivity index (χ2v) is 5.84. The summed E-state index contributed by atoms with van der Waals surface area (Å²) in [6.07, 6.45) is 4.37. The van der Waals surface area contributed by atoms with Gasteiger partial charge in [-0.25, -0.2) is 0 Å². The summed E-state index contributed by atoms with van der Waals surface area (Å²) in [4.78, 5) is 24.0. The molecule has 3 unspecified atom stereocenters. The number of carbonyl (C=O) groups excluding carboxylic acids is 2. The molecule has 1 aliphatic rings. The highest BCUT2D eigenvalue weighted by Gasteiger charge is 2.38. The lowest BCUT2D eigenvalue weighted by molar-refractivity contribution is -0.132. The van der Waals surface area contributed by atoms with Crippen LogP contribution in [0.5, 0.6) is 0 Å². The molecule has 1 aliphatic carbocycles. The molecule has 110 valence electrons. The molecule has 19 heavy (non-hydrogen) atoms. The third-order valence-electron chi connectivity index (χ3n) is 3.77. The Kier molecular flexibility index (Phi) is 5.79. The highest BCUT2D eigenvalue weighted by Crippen LogP contribution is 2.30. The Labute approximate surface area is 115 Å². The van der Waals surface area contributed by atoms with Crippen LogP contribution in [0.4, 0.5) is 0 Å². The van der Waals surface area contributed by atoms with Crippen LogP contribution < -0.4 is 16.4 Å². The van der Waals surface area contributed by atoms with Crippen molar-refractivity contribution in [2.45, 2.75) is 64.5 Å². The van der Waals surface area contributed by atoms with Crippen LogP contribution in [-0.2, 0) is 9.59 Å². The van der Waals surface area contributed by atoms with Gasteiger partial charge in [0.05, 0.1) is 5.54 Å². The molecular weight excluding hydrogens is 242 g/mol. The maximum absolute atomic E-state index is 12.2. The minimum atomic E-state index is -0.809. The third-order valence-corrected chi connectivity index (χ3v) is 3.77. The summed E-state index contributed by atoms with van der Waals surface area (Å²) in [7, 11) is 0. The van der Waals surface area contributed by atoms with Crippen molar-refractivity contribution in [2.24, 2.45) is 11.7 Å². The van der Waals surface area contributed by atoms with Crippen LogP contribution in [0.15, 0.2) is 0 Å². The van der Waals surface area contributed by atoms with Gasteiger partial charge in [-0.15, -0.1) is 0 Å². The molecule has 1 fully saturated rings. The summed E-state index contributed by atoms with van der Waals surface area (Å²) in [6.45, 7) is 6.43. The molecule has 0 aromatic carbocycles. The van der Waals surface area contributed by atoms with Crippen LogP contribution in [0.3, 0.4) is 0 Å². The maximum atomic E-state index is 12.2. The minimum Gasteiger partial charge on any atom is -0.354 e. The van der Waals surface area contributed by atoms with Crippen LogP contribution in [0.25, 0.3) is 0 Å². The number of rotatable bonds is 5. The predicted octanol–water partition coefficient (Wildman–Crippen LogP) is 0.925. The Balaban J connectivity index is 2.51. The molecule has 4 N–H and O–H groups in total. The van der Waals surface area contributed by atoms with Crippen molar-refractivity contribution >= 4 is 11.8 Å². The summed E-state index contributed by atoms with van der Waals surface area (Å²) in [6, 6.07) is -0.531. The second-order valence-electron chi connectivity index (χ2n) is 5.84. The molecule has 1 rings (SSSR count). The average Bonchev–Trinajstić information content (AvgIpc) is 2.35. The van der Waals surface area contributed by atoms with E-state index in [2.05, 4.69) is 17.6 Å². The first-order chi connectivity index (χ1) is 8.89. The summed E-state index contributed by atoms with van der Waals surface area (Å²) in [5, 5.41) is 5.51. The number of nitrogens with two attached hydrogens (primary N) is 1. The van der Waals surface area contributed by atoms with Gasteiger partial charge in [-0.3, -0.25) is 9.59 Å². The van der Waals surface area contributed by atoms with E-state index in [9.17, 15) is 9.59 Å². The minimum absolute atomic E-state index is 0.150. The first-order valence-corrected chi connectivity index (χ1v) is 7.26. The summed E-state index contributed by atoms with van der Waals surface area (Å²) >= 11 is 0. The highest BCUT2D eigenvalue weighted by molar-refractivity contribution is 5.91. The number of hydrogen-bond donors (Lipinski definition) is 3. The van der Waals surface area contributed by atoms with Crippen molar-refractivity contribution in [1.82, 2.24) is 10.6 Å². The van der Waals surface area contributed by atoms with Gasteiger partial charge in [-0.1, -0.05) is 26.7 Å². The monoisotopic (exact) mass is 269 g/mol. The molecule has 0 saturated heterocycles. The van der Waals surface area contributed by atoms with Crippen LogP contribution in [0, 0.1) is 5.92 Å². The van der Waals surface area contributed by atoms with E-state index in [1.807, 2.05) is 6.92 Å². The summed E-state index contributed by atoms with van der Waals surface area (Å²) in [5.74, 6) is 0.120. The molecular formula is C14H27N3O2. The first kappa shape index (κ1) is 16.0. The van der Waals surface area contributed by atoms with Gasteiger partial charge < -0.3 is 16.4 Å². The molecule has 0 radical (unpaired) electrons. The number of hydrogen-bond acceptors (Lipinski definition) is 3. The molecule has 0 aromatic rings. The van der Waals surface area contributed by atoms with E-state index in [-0.39, 0.29) is 11.8 Å². The number of nitrogens with one attached hydrogen (secondary N) is 2. The van der Waals surface area contributed by atoms with E-state index in [1.165, 1.54) is 0 Å². The van der Waals surface area contributed by atoms with Crippen molar-refractivity contribution in [1.29, 1.82) is 0 Å². The van der Waals surface area contributed by atoms with E-state index in [1.54, 1.807) is 6.92 Å². The van der Waals surface area contributed by atoms with Crippen LogP contribution in [0.2, 0.25) is 0 Å². The quantitative estimate of drug-likeness (QED) is 0.694. The fraction of sp³-hybridized carbons (Fsp3) is 0.857. The lowest BCUT2D eigenvalue weighted by atomic mass is 9.76. The molecule has 0 aromatic heterocycles. The van der Waals surface area contributed by atoms with Crippen LogP contribution in [0.1, 0.15) is 52.9 Å². The molecule has 3 atom stereocenters. The van der Waals surface area contributed by atoms with Gasteiger partial charge in [0.25, 0.3) is 0 Å². The van der Waals surface area contributed by atoms with Crippen molar-refractivity contribution in [3.63, 3.8) is 0 Å². The Morgan fingerprint density at radius 2 is 2.16 bits per heavy atom. The predicted molar refractivity (Wildman–Crippen MR) is 75.5 cm³/mol. The zero-order valence-corrected chi connectivity index (χ0v) is 12.3. The van der Waals surface area contributed by atoms with Gasteiger partial charge in [0.15, 0.2) is 0 Å². The number of amides is 2. The Morgan fingerprint density at radius 3 is 2.74 bits per heavy atom. The van der Waals surface area contributed by atoms with E-state index < -0.39 is 11.6 Å². The van der Waals surface area contributed by atoms with Gasteiger partial charge in [-0.2, -0.15) is 0 Å². The fourth-order valence-corrected chi connectivity index (χ4v) is 2.61. The standard InChI is InChI=1S/C14H27N3O2/c1-4-8-16-12(18)11(3)17-13(19)14(15)7-5-6-10(2)9-14/h10-11H,4-9,15H2,1-3H3,(H,16,18)(H,17,19). The topological polar surface area (TPSA) is 84.2 Å². The van der Waals surface area contributed by atoms with Crippen molar-refractivity contribution in [3.05, 3.63) is 0 Å². The molecule has 0 heterocycles. The van der Waals surface area contributed by atoms with Crippen molar-refractivity contribution in [3.8, 4) is 0 Å². The van der Waals surface area contributed by atoms with Crippen LogP contribution in [-0.4, -0.2) is 29.9 Å². The molecule has 0 bridgehead atoms. The van der Waals surface area contributed by atoms with Crippen molar-refractivity contribution < 1.29 is 9.59 Å². The summed E-state index contributed by atoms with van der Waals surface area (Å²) in [5.41, 5.74) is 5.39. The molecule has 0 aliphatic heterocycles. The Hall–Kier alpha value is -1.10. The molecule has 0 spiro atoms. The number of carbonyl (C=O) groups is 2. The van der Waals surface area contributed by atoms with Gasteiger partial charge in [0.1, 0.15) is 6.04 Å².